The van der Waals surface area contributed by atoms with Crippen LogP contribution in [0.5, 0.6) is 0 Å². The molecule has 2 bridgehead atoms. The Morgan fingerprint density at radius 3 is 2.47 bits per heavy atom. The zero-order valence-corrected chi connectivity index (χ0v) is 9.62. The molecule has 2 aliphatic rings. The molecule has 0 aromatic rings. The summed E-state index contributed by atoms with van der Waals surface area (Å²) in [6.45, 7) is 0.463. The minimum absolute atomic E-state index is 0.0845. The summed E-state index contributed by atoms with van der Waals surface area (Å²) in [6, 6.07) is 2.02. The average Bonchev–Trinajstić information content (AvgIpc) is 2.50. The van der Waals surface area contributed by atoms with Crippen LogP contribution in [0.4, 0.5) is 0 Å². The molecular weight excluding hydrogens is 190 g/mol. The minimum atomic E-state index is 0.0845. The minimum Gasteiger partial charge on any atom is -0.358 e. The van der Waals surface area contributed by atoms with E-state index in [0.717, 1.165) is 12.1 Å². The van der Waals surface area contributed by atoms with Crippen LogP contribution in [-0.4, -0.2) is 49.6 Å². The van der Waals surface area contributed by atoms with Gasteiger partial charge in [-0.15, -0.1) is 0 Å². The lowest BCUT2D eigenvalue weighted by Gasteiger charge is -2.36. The van der Waals surface area contributed by atoms with Crippen molar-refractivity contribution in [1.29, 1.82) is 0 Å². The van der Waals surface area contributed by atoms with Crippen LogP contribution in [0.2, 0.25) is 0 Å². The summed E-state index contributed by atoms with van der Waals surface area (Å²) in [5.74, 6) is 0.0845. The highest BCUT2D eigenvalue weighted by Crippen LogP contribution is 2.33. The molecule has 0 spiro atoms. The van der Waals surface area contributed by atoms with Crippen molar-refractivity contribution in [2.75, 3.05) is 20.6 Å². The van der Waals surface area contributed by atoms with Crippen LogP contribution in [0.1, 0.15) is 25.7 Å². The maximum Gasteiger partial charge on any atom is 0.233 e. The van der Waals surface area contributed by atoms with E-state index in [1.807, 2.05) is 0 Å². The standard InChI is InChI=1S/C11H21N3O/c1-12-11(15)7-13-8-5-9-3-4-10(6-8)14(9)2/h8-10,13H,3-7H2,1-2H3,(H,12,15). The number of hydrogen-bond donors (Lipinski definition) is 2. The number of nitrogens with zero attached hydrogens (tertiary/aromatic N) is 1. The van der Waals surface area contributed by atoms with E-state index >= 15 is 0 Å². The molecule has 86 valence electrons. The molecule has 2 rings (SSSR count). The Labute approximate surface area is 91.4 Å². The number of fused-ring (bicyclic) bond motifs is 2. The largest absolute Gasteiger partial charge is 0.358 e. The summed E-state index contributed by atoms with van der Waals surface area (Å²) in [5, 5.41) is 5.99. The number of piperidine rings is 1. The van der Waals surface area contributed by atoms with Crippen molar-refractivity contribution in [1.82, 2.24) is 15.5 Å². The van der Waals surface area contributed by atoms with E-state index in [1.165, 1.54) is 25.7 Å². The van der Waals surface area contributed by atoms with Crippen molar-refractivity contribution in [3.63, 3.8) is 0 Å². The zero-order valence-electron chi connectivity index (χ0n) is 9.62. The number of likely N-dealkylation sites (N-methyl/N-ethyl adjacent to an activating group) is 1. The molecule has 2 atom stereocenters. The topological polar surface area (TPSA) is 44.4 Å². The number of carbonyl (C=O) groups is 1. The van der Waals surface area contributed by atoms with Crippen molar-refractivity contribution in [2.45, 2.75) is 43.8 Å². The predicted molar refractivity (Wildman–Crippen MR) is 59.7 cm³/mol. The normalized spacial score (nSPS) is 35.5. The van der Waals surface area contributed by atoms with E-state index in [-0.39, 0.29) is 5.91 Å². The predicted octanol–water partition coefficient (Wildman–Crippen LogP) is -0.0528. The third-order valence-electron chi connectivity index (χ3n) is 3.93. The quantitative estimate of drug-likeness (QED) is 0.688. The smallest absolute Gasteiger partial charge is 0.233 e. The van der Waals surface area contributed by atoms with Gasteiger partial charge in [-0.3, -0.25) is 4.79 Å². The van der Waals surface area contributed by atoms with Gasteiger partial charge in [0.2, 0.25) is 5.91 Å². The Morgan fingerprint density at radius 1 is 1.33 bits per heavy atom. The summed E-state index contributed by atoms with van der Waals surface area (Å²) in [4.78, 5) is 13.6. The van der Waals surface area contributed by atoms with Crippen LogP contribution in [0.25, 0.3) is 0 Å². The SMILES string of the molecule is CNC(=O)CNC1CC2CCC(C1)N2C. The summed E-state index contributed by atoms with van der Waals surface area (Å²) in [7, 11) is 3.92. The van der Waals surface area contributed by atoms with Crippen LogP contribution in [0.15, 0.2) is 0 Å². The molecule has 2 unspecified atom stereocenters. The summed E-state index contributed by atoms with van der Waals surface area (Å²) < 4.78 is 0. The molecule has 2 N–H and O–H groups in total. The van der Waals surface area contributed by atoms with Gasteiger partial charge in [0.05, 0.1) is 6.54 Å². The van der Waals surface area contributed by atoms with E-state index in [9.17, 15) is 4.79 Å². The number of amides is 1. The van der Waals surface area contributed by atoms with Crippen molar-refractivity contribution in [3.8, 4) is 0 Å². The first-order valence-electron chi connectivity index (χ1n) is 5.86. The molecule has 0 aliphatic carbocycles. The Balaban J connectivity index is 1.79. The van der Waals surface area contributed by atoms with E-state index in [2.05, 4.69) is 22.6 Å². The van der Waals surface area contributed by atoms with Gasteiger partial charge in [0, 0.05) is 25.2 Å². The average molecular weight is 211 g/mol. The Kier molecular flexibility index (Phi) is 3.26. The molecule has 0 saturated carbocycles. The third-order valence-corrected chi connectivity index (χ3v) is 3.93. The number of hydrogen-bond acceptors (Lipinski definition) is 3. The highest BCUT2D eigenvalue weighted by molar-refractivity contribution is 5.77. The fourth-order valence-electron chi connectivity index (χ4n) is 2.90. The summed E-state index contributed by atoms with van der Waals surface area (Å²) >= 11 is 0. The molecule has 0 aromatic heterocycles. The Hall–Kier alpha value is -0.610. The molecule has 4 nitrogen and oxygen atoms in total. The van der Waals surface area contributed by atoms with Gasteiger partial charge in [0.25, 0.3) is 0 Å². The van der Waals surface area contributed by atoms with E-state index in [4.69, 9.17) is 0 Å². The lowest BCUT2D eigenvalue weighted by Crippen LogP contribution is -2.49. The number of rotatable bonds is 3. The highest BCUT2D eigenvalue weighted by Gasteiger charge is 2.38. The zero-order chi connectivity index (χ0) is 10.8. The molecule has 0 aromatic carbocycles. The maximum atomic E-state index is 11.1. The van der Waals surface area contributed by atoms with Gasteiger partial charge in [0.1, 0.15) is 0 Å². The van der Waals surface area contributed by atoms with Crippen LogP contribution in [0.3, 0.4) is 0 Å². The van der Waals surface area contributed by atoms with Gasteiger partial charge in [-0.1, -0.05) is 0 Å². The van der Waals surface area contributed by atoms with Crippen molar-refractivity contribution >= 4 is 5.91 Å². The van der Waals surface area contributed by atoms with Crippen molar-refractivity contribution in [3.05, 3.63) is 0 Å². The third kappa shape index (κ3) is 2.32. The monoisotopic (exact) mass is 211 g/mol. The van der Waals surface area contributed by atoms with Gasteiger partial charge >= 0.3 is 0 Å². The maximum absolute atomic E-state index is 11.1. The van der Waals surface area contributed by atoms with Crippen molar-refractivity contribution in [2.24, 2.45) is 0 Å². The van der Waals surface area contributed by atoms with Gasteiger partial charge < -0.3 is 15.5 Å². The van der Waals surface area contributed by atoms with Crippen LogP contribution < -0.4 is 10.6 Å². The number of nitrogens with one attached hydrogen (secondary N) is 2. The molecule has 4 heteroatoms. The van der Waals surface area contributed by atoms with Gasteiger partial charge in [-0.2, -0.15) is 0 Å². The van der Waals surface area contributed by atoms with Crippen LogP contribution in [0, 0.1) is 0 Å². The van der Waals surface area contributed by atoms with Crippen molar-refractivity contribution < 1.29 is 4.79 Å². The lowest BCUT2D eigenvalue weighted by molar-refractivity contribution is -0.120. The molecular formula is C11H21N3O. The van der Waals surface area contributed by atoms with Crippen LogP contribution in [-0.2, 0) is 4.79 Å². The Morgan fingerprint density at radius 2 is 1.93 bits per heavy atom. The van der Waals surface area contributed by atoms with E-state index < -0.39 is 0 Å². The molecule has 2 fully saturated rings. The molecule has 2 saturated heterocycles. The van der Waals surface area contributed by atoms with E-state index in [0.29, 0.717) is 12.6 Å². The molecule has 2 heterocycles. The molecule has 1 amide bonds. The molecule has 15 heavy (non-hydrogen) atoms. The van der Waals surface area contributed by atoms with Gasteiger partial charge in [-0.25, -0.2) is 0 Å². The molecule has 0 radical (unpaired) electrons. The second-order valence-corrected chi connectivity index (χ2v) is 4.77. The van der Waals surface area contributed by atoms with Crippen LogP contribution >= 0.6 is 0 Å². The molecule has 2 aliphatic heterocycles. The highest BCUT2D eigenvalue weighted by atomic mass is 16.1. The fourth-order valence-corrected chi connectivity index (χ4v) is 2.90. The summed E-state index contributed by atoms with van der Waals surface area (Å²) in [6.07, 6.45) is 5.06. The number of carbonyl (C=O) groups excluding carboxylic acids is 1. The first-order valence-corrected chi connectivity index (χ1v) is 5.86. The van der Waals surface area contributed by atoms with Gasteiger partial charge in [-0.05, 0) is 32.7 Å². The summed E-state index contributed by atoms with van der Waals surface area (Å²) in [5.41, 5.74) is 0. The van der Waals surface area contributed by atoms with E-state index in [1.54, 1.807) is 7.05 Å². The first-order chi connectivity index (χ1) is 7.20. The second kappa shape index (κ2) is 4.49. The Bertz CT molecular complexity index is 230. The first kappa shape index (κ1) is 10.9. The lowest BCUT2D eigenvalue weighted by atomic mass is 9.98. The fraction of sp³-hybridized carbons (Fsp3) is 0.909. The van der Waals surface area contributed by atoms with Gasteiger partial charge in [0.15, 0.2) is 0 Å². The second-order valence-electron chi connectivity index (χ2n) is 4.77.